The average Bonchev–Trinajstić information content (AvgIpc) is 3.09. The van der Waals surface area contributed by atoms with E-state index < -0.39 is 76.8 Å². The maximum Gasteiger partial charge on any atom is 0.307 e. The smallest absolute Gasteiger partial charge is 0.307 e. The Bertz CT molecular complexity index is 1070. The Morgan fingerprint density at radius 2 is 1.56 bits per heavy atom. The first kappa shape index (κ1) is 23.1. The van der Waals surface area contributed by atoms with Gasteiger partial charge in [0, 0.05) is 5.69 Å². The van der Waals surface area contributed by atoms with Crippen molar-refractivity contribution in [2.75, 3.05) is 31.1 Å². The van der Waals surface area contributed by atoms with E-state index in [1.807, 2.05) is 0 Å². The number of carboxylic acid groups (broad SMARTS) is 1. The number of amides is 1. The first-order chi connectivity index (χ1) is 14.7. The summed E-state index contributed by atoms with van der Waals surface area (Å²) in [6, 6.07) is 3.75. The molecule has 3 fully saturated rings. The van der Waals surface area contributed by atoms with Gasteiger partial charge in [0.15, 0.2) is 9.84 Å². The minimum absolute atomic E-state index is 0.207. The van der Waals surface area contributed by atoms with Crippen LogP contribution in [0.2, 0.25) is 5.02 Å². The van der Waals surface area contributed by atoms with Gasteiger partial charge >= 0.3 is 5.97 Å². The van der Waals surface area contributed by atoms with Gasteiger partial charge in [-0.3, -0.25) is 9.59 Å². The zero-order chi connectivity index (χ0) is 23.6. The fourth-order valence-electron chi connectivity index (χ4n) is 4.48. The number of benzene rings is 1. The zero-order valence-corrected chi connectivity index (χ0v) is 18.1. The molecule has 13 heteroatoms. The molecule has 0 bridgehead atoms. The number of sulfone groups is 1. The molecular formula is C19H19ClF4N2O5S. The van der Waals surface area contributed by atoms with Crippen molar-refractivity contribution in [1.29, 1.82) is 0 Å². The lowest BCUT2D eigenvalue weighted by Crippen LogP contribution is -2.60. The molecule has 4 rings (SSSR count). The second-order valence-electron chi connectivity index (χ2n) is 8.57. The van der Waals surface area contributed by atoms with E-state index in [9.17, 15) is 40.7 Å². The molecule has 1 aliphatic carbocycles. The topological polar surface area (TPSA) is 95.0 Å². The monoisotopic (exact) mass is 498 g/mol. The summed E-state index contributed by atoms with van der Waals surface area (Å²) in [5.74, 6) is -10.6. The molecule has 0 unspecified atom stereocenters. The van der Waals surface area contributed by atoms with Crippen molar-refractivity contribution >= 4 is 39.0 Å². The van der Waals surface area contributed by atoms with E-state index in [1.54, 1.807) is 0 Å². The van der Waals surface area contributed by atoms with Crippen molar-refractivity contribution in [3.8, 4) is 0 Å². The van der Waals surface area contributed by atoms with E-state index in [0.717, 1.165) is 4.90 Å². The molecule has 2 aliphatic heterocycles. The van der Waals surface area contributed by atoms with Gasteiger partial charge in [-0.25, -0.2) is 26.0 Å². The normalized spacial score (nSPS) is 28.7. The minimum Gasteiger partial charge on any atom is -0.481 e. The fraction of sp³-hybridized carbons (Fsp3) is 0.579. The number of aliphatic carboxylic acids is 1. The number of hydrogen-bond donors (Lipinski definition) is 1. The van der Waals surface area contributed by atoms with Gasteiger partial charge in [-0.15, -0.1) is 0 Å². The summed E-state index contributed by atoms with van der Waals surface area (Å²) < 4.78 is 78.7. The summed E-state index contributed by atoms with van der Waals surface area (Å²) in [6.07, 6.45) is -0.703. The van der Waals surface area contributed by atoms with Crippen molar-refractivity contribution < 1.29 is 40.7 Å². The highest BCUT2D eigenvalue weighted by Crippen LogP contribution is 2.43. The van der Waals surface area contributed by atoms with Crippen molar-refractivity contribution in [1.82, 2.24) is 4.90 Å². The lowest BCUT2D eigenvalue weighted by Gasteiger charge is -2.40. The predicted molar refractivity (Wildman–Crippen MR) is 105 cm³/mol. The summed E-state index contributed by atoms with van der Waals surface area (Å²) in [6.45, 7) is -2.68. The quantitative estimate of drug-likeness (QED) is 0.627. The zero-order valence-electron chi connectivity index (χ0n) is 16.5. The average molecular weight is 499 g/mol. The van der Waals surface area contributed by atoms with Gasteiger partial charge in [0.05, 0.1) is 53.2 Å². The number of halogens is 5. The molecule has 1 amide bonds. The Kier molecular flexibility index (Phi) is 5.39. The van der Waals surface area contributed by atoms with Crippen LogP contribution in [0.3, 0.4) is 0 Å². The SMILES string of the molecule is O=C(O)[C@@H]1C[C@H](S(=O)(=O)c2ccc(N3CC(F)(F)C3)cc2Cl)C[C@H]1C(=O)N1CC(F)(F)C1. The van der Waals surface area contributed by atoms with Gasteiger partial charge in [0.1, 0.15) is 0 Å². The number of carbonyl (C=O) groups is 2. The van der Waals surface area contributed by atoms with Crippen molar-refractivity contribution in [2.45, 2.75) is 34.8 Å². The Morgan fingerprint density at radius 3 is 2.06 bits per heavy atom. The number of rotatable bonds is 5. The van der Waals surface area contributed by atoms with Crippen LogP contribution < -0.4 is 4.90 Å². The summed E-state index contributed by atoms with van der Waals surface area (Å²) in [5, 5.41) is 8.02. The summed E-state index contributed by atoms with van der Waals surface area (Å²) in [7, 11) is -4.17. The molecule has 7 nitrogen and oxygen atoms in total. The van der Waals surface area contributed by atoms with Gasteiger partial charge in [0.25, 0.3) is 11.8 Å². The van der Waals surface area contributed by atoms with Crippen LogP contribution in [0.1, 0.15) is 12.8 Å². The molecule has 0 aromatic heterocycles. The number of anilines is 1. The highest BCUT2D eigenvalue weighted by molar-refractivity contribution is 7.92. The van der Waals surface area contributed by atoms with Gasteiger partial charge < -0.3 is 14.9 Å². The van der Waals surface area contributed by atoms with Crippen LogP contribution in [-0.2, 0) is 19.4 Å². The molecule has 2 saturated heterocycles. The maximum atomic E-state index is 13.2. The van der Waals surface area contributed by atoms with Crippen molar-refractivity contribution in [3.63, 3.8) is 0 Å². The fourth-order valence-corrected chi connectivity index (χ4v) is 6.85. The lowest BCUT2D eigenvalue weighted by atomic mass is 9.93. The first-order valence-electron chi connectivity index (χ1n) is 9.76. The van der Waals surface area contributed by atoms with Gasteiger partial charge in [0.2, 0.25) is 5.91 Å². The molecule has 0 radical (unpaired) electrons. The van der Waals surface area contributed by atoms with E-state index in [4.69, 9.17) is 11.6 Å². The lowest BCUT2D eigenvalue weighted by molar-refractivity contribution is -0.172. The minimum atomic E-state index is -4.17. The third kappa shape index (κ3) is 4.02. The molecule has 1 saturated carbocycles. The largest absolute Gasteiger partial charge is 0.481 e. The van der Waals surface area contributed by atoms with Crippen molar-refractivity contribution in [3.05, 3.63) is 23.2 Å². The van der Waals surface area contributed by atoms with E-state index in [-0.39, 0.29) is 22.8 Å². The van der Waals surface area contributed by atoms with E-state index in [2.05, 4.69) is 0 Å². The Morgan fingerprint density at radius 1 is 1.00 bits per heavy atom. The number of nitrogens with zero attached hydrogens (tertiary/aromatic N) is 2. The molecule has 176 valence electrons. The molecule has 1 aromatic carbocycles. The number of carbonyl (C=O) groups excluding carboxylic acids is 1. The second-order valence-corrected chi connectivity index (χ2v) is 11.2. The number of likely N-dealkylation sites (tertiary alicyclic amines) is 1. The second kappa shape index (κ2) is 7.47. The number of carboxylic acids is 1. The van der Waals surface area contributed by atoms with Gasteiger partial charge in [-0.2, -0.15) is 0 Å². The summed E-state index contributed by atoms with van der Waals surface area (Å²) >= 11 is 6.13. The molecule has 32 heavy (non-hydrogen) atoms. The van der Waals surface area contributed by atoms with Crippen LogP contribution in [0, 0.1) is 11.8 Å². The van der Waals surface area contributed by atoms with Gasteiger partial charge in [-0.05, 0) is 31.0 Å². The maximum absolute atomic E-state index is 13.2. The van der Waals surface area contributed by atoms with E-state index in [1.165, 1.54) is 23.1 Å². The highest BCUT2D eigenvalue weighted by Gasteiger charge is 2.54. The highest BCUT2D eigenvalue weighted by atomic mass is 35.5. The molecule has 3 atom stereocenters. The molecule has 2 heterocycles. The summed E-state index contributed by atoms with van der Waals surface area (Å²) in [5.41, 5.74) is 0.321. The van der Waals surface area contributed by atoms with Crippen LogP contribution in [0.5, 0.6) is 0 Å². The Balaban J connectivity index is 1.53. The van der Waals surface area contributed by atoms with Crippen LogP contribution in [-0.4, -0.2) is 73.6 Å². The van der Waals surface area contributed by atoms with E-state index in [0.29, 0.717) is 5.69 Å². The molecule has 3 aliphatic rings. The molecule has 1 N–H and O–H groups in total. The van der Waals surface area contributed by atoms with Gasteiger partial charge in [-0.1, -0.05) is 11.6 Å². The third-order valence-electron chi connectivity index (χ3n) is 6.18. The van der Waals surface area contributed by atoms with Crippen LogP contribution in [0.25, 0.3) is 0 Å². The molecule has 0 spiro atoms. The van der Waals surface area contributed by atoms with E-state index >= 15 is 0 Å². The third-order valence-corrected chi connectivity index (χ3v) is 8.84. The van der Waals surface area contributed by atoms with Crippen LogP contribution in [0.15, 0.2) is 23.1 Å². The summed E-state index contributed by atoms with van der Waals surface area (Å²) in [4.78, 5) is 26.1. The number of hydrogen-bond acceptors (Lipinski definition) is 5. The molecular weight excluding hydrogens is 480 g/mol. The van der Waals surface area contributed by atoms with Crippen molar-refractivity contribution in [2.24, 2.45) is 11.8 Å². The first-order valence-corrected chi connectivity index (χ1v) is 11.7. The van der Waals surface area contributed by atoms with Crippen LogP contribution in [0.4, 0.5) is 23.2 Å². The Hall–Kier alpha value is -2.08. The Labute approximate surface area is 185 Å². The molecule has 1 aromatic rings. The standard InChI is InChI=1S/C19H19ClF4N2O5S/c20-14-3-10(25-6-18(21,22)7-25)1-2-15(14)32(30,31)11-4-12(13(5-11)17(28)29)16(27)26-8-19(23,24)9-26/h1-3,11-13H,4-9H2,(H,28,29)/t11-,12-,13-/m1/s1. The number of alkyl halides is 4. The predicted octanol–water partition coefficient (Wildman–Crippen LogP) is 2.53. The van der Waals surface area contributed by atoms with Crippen LogP contribution >= 0.6 is 11.6 Å².